The largest absolute Gasteiger partial charge is 0.323 e. The molecule has 0 aromatic heterocycles. The molecule has 0 heterocycles. The first kappa shape index (κ1) is 20.6. The maximum absolute atomic E-state index is 12.3. The van der Waals surface area contributed by atoms with Crippen molar-refractivity contribution in [1.82, 2.24) is 0 Å². The summed E-state index contributed by atoms with van der Waals surface area (Å²) in [6.45, 7) is 0. The predicted molar refractivity (Wildman–Crippen MR) is 127 cm³/mol. The van der Waals surface area contributed by atoms with Gasteiger partial charge in [-0.1, -0.05) is 36.4 Å². The summed E-state index contributed by atoms with van der Waals surface area (Å²) in [6, 6.07) is 32.9. The molecule has 0 saturated carbocycles. The second-order valence-electron chi connectivity index (χ2n) is 6.74. The lowest BCUT2D eigenvalue weighted by Gasteiger charge is -2.08. The molecule has 4 aromatic rings. The van der Waals surface area contributed by atoms with Gasteiger partial charge in [-0.15, -0.1) is 0 Å². The van der Waals surface area contributed by atoms with E-state index in [-0.39, 0.29) is 6.03 Å². The number of nitrogens with one attached hydrogen (secondary N) is 2. The molecule has 2 N–H and O–H groups in total. The van der Waals surface area contributed by atoms with Crippen LogP contribution in [0, 0.1) is 0 Å². The fraction of sp³-hybridized carbons (Fsp3) is 0. The summed E-state index contributed by atoms with van der Waals surface area (Å²) in [5.41, 5.74) is 4.24. The van der Waals surface area contributed by atoms with Crippen molar-refractivity contribution in [3.05, 3.63) is 109 Å². The van der Waals surface area contributed by atoms with Crippen LogP contribution < -0.4 is 10.6 Å². The summed E-state index contributed by atoms with van der Waals surface area (Å²) in [6.07, 6.45) is 0. The van der Waals surface area contributed by atoms with Crippen LogP contribution in [0.2, 0.25) is 0 Å². The molecule has 0 saturated heterocycles. The lowest BCUT2D eigenvalue weighted by atomic mass is 10.3. The number of carbonyl (C=O) groups is 1. The number of urea groups is 1. The minimum Gasteiger partial charge on any atom is -0.308 e. The maximum atomic E-state index is 12.3. The number of azo groups is 2. The highest BCUT2D eigenvalue weighted by Crippen LogP contribution is 2.22. The quantitative estimate of drug-likeness (QED) is 0.303. The molecule has 7 nitrogen and oxygen atoms in total. The number of rotatable bonds is 6. The van der Waals surface area contributed by atoms with Gasteiger partial charge in [0.25, 0.3) is 0 Å². The number of carbonyl (C=O) groups excluding carboxylic acids is 1. The van der Waals surface area contributed by atoms with Gasteiger partial charge in [0, 0.05) is 11.4 Å². The molecular formula is C25H20N6O. The highest BCUT2D eigenvalue weighted by molar-refractivity contribution is 5.99. The van der Waals surface area contributed by atoms with E-state index in [1.54, 1.807) is 48.5 Å². The first-order chi connectivity index (χ1) is 15.7. The second-order valence-corrected chi connectivity index (χ2v) is 6.74. The van der Waals surface area contributed by atoms with Crippen LogP contribution in [-0.2, 0) is 0 Å². The molecule has 0 spiro atoms. The Kier molecular flexibility index (Phi) is 6.70. The normalized spacial score (nSPS) is 11.0. The zero-order chi connectivity index (χ0) is 22.0. The van der Waals surface area contributed by atoms with Gasteiger partial charge in [0.2, 0.25) is 0 Å². The molecular weight excluding hydrogens is 400 g/mol. The molecule has 2 amide bonds. The second kappa shape index (κ2) is 10.4. The Balaban J connectivity index is 1.29. The SMILES string of the molecule is O=C(Nc1ccc(N=Nc2ccccc2)cc1)Nc1ccc(N=Nc2ccccc2)cc1. The standard InChI is InChI=1S/C25H20N6O/c32-25(26-19-11-15-23(16-12-19)30-28-21-7-3-1-4-8-21)27-20-13-17-24(18-14-20)31-29-22-9-5-2-6-10-22/h1-18H,(H2,26,27,32). The summed E-state index contributed by atoms with van der Waals surface area (Å²) < 4.78 is 0. The molecule has 7 heteroatoms. The van der Waals surface area contributed by atoms with Crippen LogP contribution in [0.25, 0.3) is 0 Å². The lowest BCUT2D eigenvalue weighted by molar-refractivity contribution is 0.262. The molecule has 0 fully saturated rings. The zero-order valence-electron chi connectivity index (χ0n) is 17.1. The van der Waals surface area contributed by atoms with E-state index in [4.69, 9.17) is 0 Å². The summed E-state index contributed by atoms with van der Waals surface area (Å²) in [7, 11) is 0. The van der Waals surface area contributed by atoms with Crippen LogP contribution in [0.5, 0.6) is 0 Å². The molecule has 0 aliphatic heterocycles. The third-order valence-corrected chi connectivity index (χ3v) is 4.32. The van der Waals surface area contributed by atoms with Crippen LogP contribution in [0.1, 0.15) is 0 Å². The molecule has 0 aliphatic rings. The van der Waals surface area contributed by atoms with Crippen molar-refractivity contribution in [2.75, 3.05) is 10.6 Å². The van der Waals surface area contributed by atoms with E-state index in [2.05, 4.69) is 31.1 Å². The summed E-state index contributed by atoms with van der Waals surface area (Å²) in [5.74, 6) is 0. The Morgan fingerprint density at radius 2 is 0.750 bits per heavy atom. The molecule has 4 rings (SSSR count). The van der Waals surface area contributed by atoms with Crippen molar-refractivity contribution in [3.63, 3.8) is 0 Å². The predicted octanol–water partition coefficient (Wildman–Crippen LogP) is 8.16. The third-order valence-electron chi connectivity index (χ3n) is 4.32. The number of anilines is 2. The summed E-state index contributed by atoms with van der Waals surface area (Å²) in [4.78, 5) is 12.3. The van der Waals surface area contributed by atoms with Crippen LogP contribution >= 0.6 is 0 Å². The van der Waals surface area contributed by atoms with Gasteiger partial charge in [-0.2, -0.15) is 20.5 Å². The van der Waals surface area contributed by atoms with Gasteiger partial charge in [0.05, 0.1) is 22.7 Å². The molecule has 0 aliphatic carbocycles. The van der Waals surface area contributed by atoms with Crippen LogP contribution in [-0.4, -0.2) is 6.03 Å². The molecule has 156 valence electrons. The van der Waals surface area contributed by atoms with Crippen molar-refractivity contribution in [3.8, 4) is 0 Å². The Morgan fingerprint density at radius 1 is 0.438 bits per heavy atom. The van der Waals surface area contributed by atoms with E-state index < -0.39 is 0 Å². The minimum absolute atomic E-state index is 0.345. The maximum Gasteiger partial charge on any atom is 0.323 e. The van der Waals surface area contributed by atoms with Crippen LogP contribution in [0.15, 0.2) is 130 Å². The van der Waals surface area contributed by atoms with E-state index in [1.807, 2.05) is 60.7 Å². The molecule has 0 radical (unpaired) electrons. The van der Waals surface area contributed by atoms with Crippen molar-refractivity contribution in [2.45, 2.75) is 0 Å². The van der Waals surface area contributed by atoms with Crippen LogP contribution in [0.4, 0.5) is 38.9 Å². The smallest absolute Gasteiger partial charge is 0.308 e. The molecule has 0 atom stereocenters. The molecule has 32 heavy (non-hydrogen) atoms. The van der Waals surface area contributed by atoms with Crippen LogP contribution in [0.3, 0.4) is 0 Å². The summed E-state index contributed by atoms with van der Waals surface area (Å²) >= 11 is 0. The van der Waals surface area contributed by atoms with E-state index in [0.29, 0.717) is 22.7 Å². The van der Waals surface area contributed by atoms with E-state index >= 15 is 0 Å². The molecule has 0 bridgehead atoms. The number of hydrogen-bond acceptors (Lipinski definition) is 5. The van der Waals surface area contributed by atoms with Gasteiger partial charge in [0.1, 0.15) is 0 Å². The van der Waals surface area contributed by atoms with Gasteiger partial charge in [-0.25, -0.2) is 4.79 Å². The van der Waals surface area contributed by atoms with Gasteiger partial charge < -0.3 is 10.6 Å². The van der Waals surface area contributed by atoms with Crippen molar-refractivity contribution >= 4 is 40.2 Å². The van der Waals surface area contributed by atoms with Crippen molar-refractivity contribution in [1.29, 1.82) is 0 Å². The average Bonchev–Trinajstić information content (AvgIpc) is 2.84. The van der Waals surface area contributed by atoms with Gasteiger partial charge >= 0.3 is 6.03 Å². The fourth-order valence-electron chi connectivity index (χ4n) is 2.74. The lowest BCUT2D eigenvalue weighted by Crippen LogP contribution is -2.19. The number of amides is 2. The zero-order valence-corrected chi connectivity index (χ0v) is 17.1. The van der Waals surface area contributed by atoms with E-state index in [9.17, 15) is 4.79 Å². The van der Waals surface area contributed by atoms with E-state index in [0.717, 1.165) is 11.4 Å². The van der Waals surface area contributed by atoms with Crippen molar-refractivity contribution < 1.29 is 4.79 Å². The minimum atomic E-state index is -0.345. The highest BCUT2D eigenvalue weighted by Gasteiger charge is 2.03. The Labute approximate surface area is 185 Å². The monoisotopic (exact) mass is 420 g/mol. The van der Waals surface area contributed by atoms with E-state index in [1.165, 1.54) is 0 Å². The number of hydrogen-bond donors (Lipinski definition) is 2. The Bertz CT molecular complexity index is 1110. The Morgan fingerprint density at radius 3 is 1.09 bits per heavy atom. The Hall–Kier alpha value is -4.65. The summed E-state index contributed by atoms with van der Waals surface area (Å²) in [5, 5.41) is 22.3. The van der Waals surface area contributed by atoms with Crippen molar-refractivity contribution in [2.24, 2.45) is 20.5 Å². The highest BCUT2D eigenvalue weighted by atomic mass is 16.2. The van der Waals surface area contributed by atoms with Gasteiger partial charge in [0.15, 0.2) is 0 Å². The average molecular weight is 420 g/mol. The topological polar surface area (TPSA) is 90.6 Å². The number of benzene rings is 4. The fourth-order valence-corrected chi connectivity index (χ4v) is 2.74. The van der Waals surface area contributed by atoms with Gasteiger partial charge in [-0.05, 0) is 72.8 Å². The van der Waals surface area contributed by atoms with Gasteiger partial charge in [-0.3, -0.25) is 0 Å². The number of nitrogens with zero attached hydrogens (tertiary/aromatic N) is 4. The third kappa shape index (κ3) is 6.17. The molecule has 4 aromatic carbocycles. The molecule has 0 unspecified atom stereocenters. The first-order valence-corrected chi connectivity index (χ1v) is 9.96. The first-order valence-electron chi connectivity index (χ1n) is 9.96.